The highest BCUT2D eigenvalue weighted by atomic mass is 32.2. The Balaban J connectivity index is 1.75. The minimum Gasteiger partial charge on any atom is -0.351 e. The summed E-state index contributed by atoms with van der Waals surface area (Å²) in [4.78, 5) is 14.4. The first-order chi connectivity index (χ1) is 9.29. The first-order valence-electron chi connectivity index (χ1n) is 7.55. The molecule has 2 fully saturated rings. The van der Waals surface area contributed by atoms with E-state index in [9.17, 15) is 4.79 Å². The third-order valence-electron chi connectivity index (χ3n) is 4.15. The fraction of sp³-hybridized carbons (Fsp3) is 0.929. The highest BCUT2D eigenvalue weighted by Crippen LogP contribution is 2.27. The number of rotatable bonds is 4. The second-order valence-electron chi connectivity index (χ2n) is 5.61. The lowest BCUT2D eigenvalue weighted by Crippen LogP contribution is -2.47. The van der Waals surface area contributed by atoms with Gasteiger partial charge in [0.25, 0.3) is 0 Å². The Morgan fingerprint density at radius 2 is 2.11 bits per heavy atom. The van der Waals surface area contributed by atoms with Crippen LogP contribution >= 0.6 is 11.8 Å². The van der Waals surface area contributed by atoms with Crippen molar-refractivity contribution in [2.24, 2.45) is 0 Å². The molecular weight excluding hydrogens is 258 g/mol. The van der Waals surface area contributed by atoms with Crippen LogP contribution in [0.1, 0.15) is 32.1 Å². The van der Waals surface area contributed by atoms with E-state index in [4.69, 9.17) is 0 Å². The van der Waals surface area contributed by atoms with E-state index in [2.05, 4.69) is 21.8 Å². The second-order valence-corrected chi connectivity index (χ2v) is 6.69. The number of carbonyl (C=O) groups is 1. The van der Waals surface area contributed by atoms with Crippen LogP contribution in [-0.4, -0.2) is 61.1 Å². The maximum Gasteiger partial charge on any atom is 0.234 e. The Bertz CT molecular complexity index is 280. The lowest BCUT2D eigenvalue weighted by molar-refractivity contribution is -0.123. The van der Waals surface area contributed by atoms with E-state index in [1.165, 1.54) is 19.3 Å². The Morgan fingerprint density at radius 3 is 2.95 bits per heavy atom. The van der Waals surface area contributed by atoms with Gasteiger partial charge in [-0.25, -0.2) is 0 Å². The van der Waals surface area contributed by atoms with Gasteiger partial charge in [0.05, 0.1) is 6.54 Å². The molecule has 0 radical (unpaired) electrons. The number of hydrogen-bond acceptors (Lipinski definition) is 4. The van der Waals surface area contributed by atoms with Crippen molar-refractivity contribution < 1.29 is 4.79 Å². The minimum atomic E-state index is 0.216. The van der Waals surface area contributed by atoms with E-state index in [1.54, 1.807) is 0 Å². The average Bonchev–Trinajstić information content (AvgIpc) is 2.68. The summed E-state index contributed by atoms with van der Waals surface area (Å²) in [6.07, 6.45) is 8.28. The molecule has 1 saturated carbocycles. The fourth-order valence-electron chi connectivity index (χ4n) is 3.06. The van der Waals surface area contributed by atoms with Crippen molar-refractivity contribution in [1.82, 2.24) is 15.5 Å². The van der Waals surface area contributed by atoms with Crippen LogP contribution in [0.2, 0.25) is 0 Å². The topological polar surface area (TPSA) is 44.4 Å². The van der Waals surface area contributed by atoms with Crippen LogP contribution in [0.25, 0.3) is 0 Å². The fourth-order valence-corrected chi connectivity index (χ4v) is 3.99. The molecule has 0 bridgehead atoms. The average molecular weight is 285 g/mol. The number of amides is 1. The molecule has 0 spiro atoms. The van der Waals surface area contributed by atoms with Crippen molar-refractivity contribution in [3.05, 3.63) is 0 Å². The summed E-state index contributed by atoms with van der Waals surface area (Å²) in [6, 6.07) is 0.390. The molecule has 0 aromatic heterocycles. The Kier molecular flexibility index (Phi) is 6.47. The van der Waals surface area contributed by atoms with E-state index in [-0.39, 0.29) is 5.91 Å². The van der Waals surface area contributed by atoms with E-state index in [0.29, 0.717) is 17.8 Å². The highest BCUT2D eigenvalue weighted by Gasteiger charge is 2.26. The van der Waals surface area contributed by atoms with Crippen molar-refractivity contribution >= 4 is 17.7 Å². The third-order valence-corrected chi connectivity index (χ3v) is 5.32. The summed E-state index contributed by atoms with van der Waals surface area (Å²) in [5.41, 5.74) is 0. The summed E-state index contributed by atoms with van der Waals surface area (Å²) in [7, 11) is 0. The summed E-state index contributed by atoms with van der Waals surface area (Å²) in [6.45, 7) is 4.68. The predicted molar refractivity (Wildman–Crippen MR) is 81.6 cm³/mol. The lowest BCUT2D eigenvalue weighted by Gasteiger charge is -2.31. The largest absolute Gasteiger partial charge is 0.351 e. The van der Waals surface area contributed by atoms with Gasteiger partial charge in [0.15, 0.2) is 0 Å². The monoisotopic (exact) mass is 285 g/mol. The van der Waals surface area contributed by atoms with Crippen molar-refractivity contribution in [2.45, 2.75) is 43.4 Å². The summed E-state index contributed by atoms with van der Waals surface area (Å²) in [5, 5.41) is 7.25. The van der Waals surface area contributed by atoms with Crippen LogP contribution < -0.4 is 10.6 Å². The van der Waals surface area contributed by atoms with Crippen LogP contribution in [0.5, 0.6) is 0 Å². The summed E-state index contributed by atoms with van der Waals surface area (Å²) < 4.78 is 0. The smallest absolute Gasteiger partial charge is 0.234 e. The maximum atomic E-state index is 12.2. The number of carbonyl (C=O) groups excluding carboxylic acids is 1. The van der Waals surface area contributed by atoms with Crippen LogP contribution in [0.4, 0.5) is 0 Å². The molecule has 2 N–H and O–H groups in total. The third kappa shape index (κ3) is 4.97. The number of thioether (sulfide) groups is 1. The molecule has 110 valence electrons. The van der Waals surface area contributed by atoms with Crippen molar-refractivity contribution in [3.63, 3.8) is 0 Å². The van der Waals surface area contributed by atoms with Gasteiger partial charge in [-0.3, -0.25) is 9.69 Å². The number of nitrogens with zero attached hydrogens (tertiary/aromatic N) is 1. The van der Waals surface area contributed by atoms with Gasteiger partial charge in [-0.2, -0.15) is 11.8 Å². The molecule has 1 aliphatic carbocycles. The zero-order valence-electron chi connectivity index (χ0n) is 12.0. The number of nitrogens with one attached hydrogen (secondary N) is 2. The van der Waals surface area contributed by atoms with Crippen LogP contribution in [0.15, 0.2) is 0 Å². The normalized spacial score (nSPS) is 29.7. The quantitative estimate of drug-likeness (QED) is 0.811. The Morgan fingerprint density at radius 1 is 1.26 bits per heavy atom. The van der Waals surface area contributed by atoms with Gasteiger partial charge in [-0.05, 0) is 38.6 Å². The molecular formula is C14H27N3OS. The van der Waals surface area contributed by atoms with Crippen molar-refractivity contribution in [1.29, 1.82) is 0 Å². The minimum absolute atomic E-state index is 0.216. The standard InChI is InChI=1S/C14H27N3OS/c1-19-13-6-3-2-5-12(13)16-14(18)11-17-9-4-7-15-8-10-17/h12-13,15H,2-11H2,1H3,(H,16,18). The molecule has 1 heterocycles. The molecule has 1 saturated heterocycles. The zero-order chi connectivity index (χ0) is 13.5. The van der Waals surface area contributed by atoms with Crippen LogP contribution in [0, 0.1) is 0 Å². The molecule has 2 rings (SSSR count). The van der Waals surface area contributed by atoms with E-state index in [0.717, 1.165) is 39.0 Å². The summed E-state index contributed by atoms with van der Waals surface area (Å²) in [5.74, 6) is 0.216. The SMILES string of the molecule is CSC1CCCCC1NC(=O)CN1CCCNCC1. The lowest BCUT2D eigenvalue weighted by atomic mass is 9.95. The van der Waals surface area contributed by atoms with Crippen molar-refractivity contribution in [2.75, 3.05) is 39.0 Å². The molecule has 4 nitrogen and oxygen atoms in total. The van der Waals surface area contributed by atoms with Gasteiger partial charge in [-0.1, -0.05) is 12.8 Å². The Labute approximate surface area is 121 Å². The highest BCUT2D eigenvalue weighted by molar-refractivity contribution is 7.99. The first-order valence-corrected chi connectivity index (χ1v) is 8.83. The van der Waals surface area contributed by atoms with E-state index < -0.39 is 0 Å². The van der Waals surface area contributed by atoms with E-state index >= 15 is 0 Å². The maximum absolute atomic E-state index is 12.2. The Hall–Kier alpha value is -0.260. The molecule has 2 unspecified atom stereocenters. The van der Waals surface area contributed by atoms with Gasteiger partial charge in [0.1, 0.15) is 0 Å². The molecule has 19 heavy (non-hydrogen) atoms. The zero-order valence-corrected chi connectivity index (χ0v) is 12.8. The molecule has 5 heteroatoms. The van der Waals surface area contributed by atoms with Gasteiger partial charge in [0.2, 0.25) is 5.91 Å². The predicted octanol–water partition coefficient (Wildman–Crippen LogP) is 1.07. The first kappa shape index (κ1) is 15.1. The molecule has 0 aromatic rings. The van der Waals surface area contributed by atoms with Crippen LogP contribution in [0.3, 0.4) is 0 Å². The van der Waals surface area contributed by atoms with Gasteiger partial charge in [-0.15, -0.1) is 0 Å². The molecule has 1 aliphatic heterocycles. The number of hydrogen-bond donors (Lipinski definition) is 2. The molecule has 1 amide bonds. The summed E-state index contributed by atoms with van der Waals surface area (Å²) >= 11 is 1.91. The van der Waals surface area contributed by atoms with Crippen LogP contribution in [-0.2, 0) is 4.79 Å². The van der Waals surface area contributed by atoms with Gasteiger partial charge >= 0.3 is 0 Å². The molecule has 0 aromatic carbocycles. The van der Waals surface area contributed by atoms with Crippen molar-refractivity contribution in [3.8, 4) is 0 Å². The van der Waals surface area contributed by atoms with Gasteiger partial charge < -0.3 is 10.6 Å². The second kappa shape index (κ2) is 8.12. The van der Waals surface area contributed by atoms with E-state index in [1.807, 2.05) is 11.8 Å². The molecule has 2 atom stereocenters. The van der Waals surface area contributed by atoms with Gasteiger partial charge in [0, 0.05) is 24.4 Å². The molecule has 2 aliphatic rings.